The predicted molar refractivity (Wildman–Crippen MR) is 110 cm³/mol. The number of primary amides is 1. The molecule has 8 heteroatoms. The van der Waals surface area contributed by atoms with Crippen molar-refractivity contribution in [1.29, 1.82) is 0 Å². The zero-order valence-corrected chi connectivity index (χ0v) is 16.7. The largest absolute Gasteiger partial charge is 0.435 e. The van der Waals surface area contributed by atoms with Gasteiger partial charge in [-0.3, -0.25) is 9.69 Å². The van der Waals surface area contributed by atoms with Crippen LogP contribution in [0.25, 0.3) is 17.0 Å². The molecule has 1 aromatic heterocycles. The molecule has 2 heterocycles. The number of amides is 1. The highest BCUT2D eigenvalue weighted by molar-refractivity contribution is 5.95. The van der Waals surface area contributed by atoms with Gasteiger partial charge in [0.2, 0.25) is 5.89 Å². The van der Waals surface area contributed by atoms with Crippen molar-refractivity contribution in [1.82, 2.24) is 9.88 Å². The first kappa shape index (κ1) is 21.6. The van der Waals surface area contributed by atoms with Gasteiger partial charge in [0.1, 0.15) is 17.2 Å². The Morgan fingerprint density at radius 2 is 1.93 bits per heavy atom. The van der Waals surface area contributed by atoms with Gasteiger partial charge in [0.15, 0.2) is 11.5 Å². The lowest BCUT2D eigenvalue weighted by molar-refractivity contribution is 0.0426. The van der Waals surface area contributed by atoms with Crippen LogP contribution in [0.4, 0.5) is 8.78 Å². The fraction of sp³-hybridized carbons (Fsp3) is 0.273. The molecule has 0 unspecified atom stereocenters. The number of morpholine rings is 1. The highest BCUT2D eigenvalue weighted by Crippen LogP contribution is 2.30. The third-order valence-corrected chi connectivity index (χ3v) is 4.71. The molecule has 0 aliphatic carbocycles. The molecule has 2 aromatic rings. The van der Waals surface area contributed by atoms with E-state index in [0.717, 1.165) is 30.8 Å². The average Bonchev–Trinajstić information content (AvgIpc) is 3.17. The molecular formula is C22H23F2N3O3. The summed E-state index contributed by atoms with van der Waals surface area (Å²) in [4.78, 5) is 18.0. The van der Waals surface area contributed by atoms with Crippen molar-refractivity contribution in [3.05, 3.63) is 71.7 Å². The smallest absolute Gasteiger partial charge is 0.271 e. The van der Waals surface area contributed by atoms with E-state index in [-0.39, 0.29) is 17.3 Å². The van der Waals surface area contributed by atoms with Crippen molar-refractivity contribution in [2.45, 2.75) is 6.92 Å². The van der Waals surface area contributed by atoms with Crippen LogP contribution in [0.2, 0.25) is 0 Å². The highest BCUT2D eigenvalue weighted by Gasteiger charge is 2.23. The van der Waals surface area contributed by atoms with E-state index in [9.17, 15) is 13.6 Å². The summed E-state index contributed by atoms with van der Waals surface area (Å²) in [5, 5.41) is 0. The van der Waals surface area contributed by atoms with E-state index < -0.39 is 23.1 Å². The van der Waals surface area contributed by atoms with Crippen molar-refractivity contribution in [3.63, 3.8) is 0 Å². The average molecular weight is 415 g/mol. The second-order valence-electron chi connectivity index (χ2n) is 6.84. The number of oxazole rings is 1. The van der Waals surface area contributed by atoms with E-state index in [2.05, 4.69) is 16.5 Å². The van der Waals surface area contributed by atoms with Crippen LogP contribution >= 0.6 is 0 Å². The monoisotopic (exact) mass is 415 g/mol. The Hall–Kier alpha value is -3.10. The van der Waals surface area contributed by atoms with E-state index in [1.807, 2.05) is 6.08 Å². The second-order valence-corrected chi connectivity index (χ2v) is 6.84. The molecule has 1 amide bonds. The number of allylic oxidation sites excluding steroid dienone is 3. The van der Waals surface area contributed by atoms with E-state index in [4.69, 9.17) is 14.9 Å². The maximum atomic E-state index is 14.1. The first-order valence-corrected chi connectivity index (χ1v) is 9.46. The minimum Gasteiger partial charge on any atom is -0.435 e. The molecule has 0 atom stereocenters. The van der Waals surface area contributed by atoms with Crippen LogP contribution in [0.5, 0.6) is 0 Å². The van der Waals surface area contributed by atoms with E-state index in [0.29, 0.717) is 25.3 Å². The zero-order valence-electron chi connectivity index (χ0n) is 16.7. The molecule has 0 saturated carbocycles. The lowest BCUT2D eigenvalue weighted by Gasteiger charge is -2.26. The Kier molecular flexibility index (Phi) is 6.91. The molecule has 6 nitrogen and oxygen atoms in total. The lowest BCUT2D eigenvalue weighted by Crippen LogP contribution is -2.37. The molecule has 158 valence electrons. The minimum atomic E-state index is -0.856. The van der Waals surface area contributed by atoms with Crippen LogP contribution in [-0.4, -0.2) is 48.6 Å². The Morgan fingerprint density at radius 3 is 2.53 bits per heavy atom. The van der Waals surface area contributed by atoms with Crippen molar-refractivity contribution < 1.29 is 22.7 Å². The van der Waals surface area contributed by atoms with E-state index in [1.54, 1.807) is 19.1 Å². The standard InChI is InChI=1S/C22H23F2N3O3/c1-3-15(13-27-9-11-29-12-10-27)8-7-14(2)20-19(21(25)28)26-22(30-20)18-16(23)5-4-6-17(18)24/h3-8H,1,9-13H2,2H3,(H2,25,28)/b14-7+,15-8+. The Bertz CT molecular complexity index is 985. The van der Waals surface area contributed by atoms with Gasteiger partial charge in [-0.25, -0.2) is 13.8 Å². The van der Waals surface area contributed by atoms with E-state index in [1.165, 1.54) is 6.07 Å². The van der Waals surface area contributed by atoms with Crippen LogP contribution < -0.4 is 5.73 Å². The van der Waals surface area contributed by atoms with Crippen LogP contribution in [0, 0.1) is 11.6 Å². The summed E-state index contributed by atoms with van der Waals surface area (Å²) < 4.78 is 39.1. The molecule has 0 spiro atoms. The molecule has 1 fully saturated rings. The molecule has 1 aromatic carbocycles. The van der Waals surface area contributed by atoms with Gasteiger partial charge in [0, 0.05) is 19.6 Å². The predicted octanol–water partition coefficient (Wildman–Crippen LogP) is 3.57. The number of carbonyl (C=O) groups is 1. The number of rotatable bonds is 7. The number of benzene rings is 1. The minimum absolute atomic E-state index is 0.0613. The SMILES string of the molecule is C=C/C(=C\C=C(/C)c1oc(-c2c(F)cccc2F)nc1C(N)=O)CN1CCOCC1. The summed E-state index contributed by atoms with van der Waals surface area (Å²) in [6.45, 7) is 9.27. The molecule has 30 heavy (non-hydrogen) atoms. The highest BCUT2D eigenvalue weighted by atomic mass is 19.1. The quantitative estimate of drug-likeness (QED) is 0.700. The van der Waals surface area contributed by atoms with Gasteiger partial charge in [-0.1, -0.05) is 30.9 Å². The summed E-state index contributed by atoms with van der Waals surface area (Å²) in [5.74, 6) is -2.83. The number of halogens is 2. The molecule has 1 aliphatic rings. The lowest BCUT2D eigenvalue weighted by atomic mass is 10.1. The molecular weight excluding hydrogens is 392 g/mol. The summed E-state index contributed by atoms with van der Waals surface area (Å²) >= 11 is 0. The van der Waals surface area contributed by atoms with Crippen LogP contribution in [0.15, 0.2) is 53.0 Å². The van der Waals surface area contributed by atoms with Gasteiger partial charge in [-0.05, 0) is 30.2 Å². The summed E-state index contributed by atoms with van der Waals surface area (Å²) in [6, 6.07) is 3.40. The van der Waals surface area contributed by atoms with Crippen molar-refractivity contribution in [3.8, 4) is 11.5 Å². The zero-order chi connectivity index (χ0) is 21.7. The number of hydrogen-bond acceptors (Lipinski definition) is 5. The first-order chi connectivity index (χ1) is 14.4. The second kappa shape index (κ2) is 9.60. The Labute approximate surface area is 173 Å². The maximum Gasteiger partial charge on any atom is 0.271 e. The third-order valence-electron chi connectivity index (χ3n) is 4.71. The molecule has 0 bridgehead atoms. The van der Waals surface area contributed by atoms with Crippen LogP contribution in [0.1, 0.15) is 23.2 Å². The number of carbonyl (C=O) groups excluding carboxylic acids is 1. The summed E-state index contributed by atoms with van der Waals surface area (Å²) in [5.41, 5.74) is 6.24. The number of ether oxygens (including phenoxy) is 1. The van der Waals surface area contributed by atoms with Gasteiger partial charge in [-0.2, -0.15) is 0 Å². The van der Waals surface area contributed by atoms with Gasteiger partial charge >= 0.3 is 0 Å². The Balaban J connectivity index is 1.92. The van der Waals surface area contributed by atoms with Crippen molar-refractivity contribution in [2.75, 3.05) is 32.8 Å². The normalized spacial score (nSPS) is 16.0. The molecule has 3 rings (SSSR count). The number of nitrogens with zero attached hydrogens (tertiary/aromatic N) is 2. The summed E-state index contributed by atoms with van der Waals surface area (Å²) in [7, 11) is 0. The van der Waals surface area contributed by atoms with Crippen LogP contribution in [-0.2, 0) is 4.74 Å². The number of nitrogens with two attached hydrogens (primary N) is 1. The number of hydrogen-bond donors (Lipinski definition) is 1. The molecule has 1 saturated heterocycles. The first-order valence-electron chi connectivity index (χ1n) is 9.46. The van der Waals surface area contributed by atoms with E-state index >= 15 is 0 Å². The van der Waals surface area contributed by atoms with Crippen molar-refractivity contribution in [2.24, 2.45) is 5.73 Å². The summed E-state index contributed by atoms with van der Waals surface area (Å²) in [6.07, 6.45) is 5.31. The van der Waals surface area contributed by atoms with Crippen molar-refractivity contribution >= 4 is 11.5 Å². The fourth-order valence-electron chi connectivity index (χ4n) is 3.07. The van der Waals surface area contributed by atoms with Gasteiger partial charge in [-0.15, -0.1) is 0 Å². The number of aromatic nitrogens is 1. The molecule has 0 radical (unpaired) electrons. The Morgan fingerprint density at radius 1 is 1.27 bits per heavy atom. The van der Waals surface area contributed by atoms with Crippen LogP contribution in [0.3, 0.4) is 0 Å². The topological polar surface area (TPSA) is 81.6 Å². The maximum absolute atomic E-state index is 14.1. The fourth-order valence-corrected chi connectivity index (χ4v) is 3.07. The molecule has 1 aliphatic heterocycles. The third kappa shape index (κ3) is 4.90. The van der Waals surface area contributed by atoms with Gasteiger partial charge < -0.3 is 14.9 Å². The molecule has 2 N–H and O–H groups in total. The van der Waals surface area contributed by atoms with Gasteiger partial charge in [0.25, 0.3) is 5.91 Å². The van der Waals surface area contributed by atoms with Gasteiger partial charge in [0.05, 0.1) is 13.2 Å².